The van der Waals surface area contributed by atoms with Crippen molar-refractivity contribution in [2.75, 3.05) is 10.6 Å². The molecule has 24 heavy (non-hydrogen) atoms. The molecule has 0 aliphatic rings. The molecule has 7 heteroatoms. The van der Waals surface area contributed by atoms with E-state index in [9.17, 15) is 0 Å². The highest BCUT2D eigenvalue weighted by atomic mass is 32.1. The van der Waals surface area contributed by atoms with Gasteiger partial charge in [-0.05, 0) is 49.7 Å². The number of nitrogens with zero attached hydrogens (tertiary/aromatic N) is 3. The molecule has 0 atom stereocenters. The second-order valence-electron chi connectivity index (χ2n) is 6.67. The van der Waals surface area contributed by atoms with Crippen molar-refractivity contribution in [1.82, 2.24) is 19.9 Å². The monoisotopic (exact) mass is 338 g/mol. The predicted molar refractivity (Wildman–Crippen MR) is 100 cm³/mol. The molecule has 4 aromatic rings. The number of aromatic amines is 1. The van der Waals surface area contributed by atoms with Crippen LogP contribution in [0.3, 0.4) is 0 Å². The Morgan fingerprint density at radius 3 is 2.83 bits per heavy atom. The molecule has 4 rings (SSSR count). The largest absolute Gasteiger partial charge is 0.364 e. The standard InChI is InChI=1S/C17H18N6S/c1-17(2,3)23-15-13-14(19-9-18-13)21-16(22-15)20-11-5-4-10-6-7-24-12(10)8-11/h4-9H,1-3H3,(H3,18,19,20,21,22,23). The number of imidazole rings is 1. The molecule has 0 unspecified atom stereocenters. The average molecular weight is 338 g/mol. The first-order valence-corrected chi connectivity index (χ1v) is 8.59. The Kier molecular flexibility index (Phi) is 3.38. The van der Waals surface area contributed by atoms with Gasteiger partial charge in [0.1, 0.15) is 5.52 Å². The van der Waals surface area contributed by atoms with Gasteiger partial charge in [0, 0.05) is 15.9 Å². The molecule has 0 saturated heterocycles. The predicted octanol–water partition coefficient (Wildman–Crippen LogP) is 4.52. The van der Waals surface area contributed by atoms with Crippen LogP contribution in [0.2, 0.25) is 0 Å². The number of hydrogen-bond acceptors (Lipinski definition) is 6. The van der Waals surface area contributed by atoms with Gasteiger partial charge in [0.2, 0.25) is 5.95 Å². The Bertz CT molecular complexity index is 1010. The maximum atomic E-state index is 4.62. The molecular weight excluding hydrogens is 320 g/mol. The molecule has 3 heterocycles. The van der Waals surface area contributed by atoms with Gasteiger partial charge in [0.05, 0.1) is 6.33 Å². The van der Waals surface area contributed by atoms with Crippen LogP contribution in [-0.4, -0.2) is 25.5 Å². The second-order valence-corrected chi connectivity index (χ2v) is 7.62. The van der Waals surface area contributed by atoms with Crippen molar-refractivity contribution in [2.24, 2.45) is 0 Å². The van der Waals surface area contributed by atoms with Gasteiger partial charge in [-0.3, -0.25) is 0 Å². The van der Waals surface area contributed by atoms with E-state index in [1.807, 2.05) is 6.07 Å². The molecule has 0 bridgehead atoms. The number of hydrogen-bond donors (Lipinski definition) is 3. The zero-order valence-corrected chi connectivity index (χ0v) is 14.5. The summed E-state index contributed by atoms with van der Waals surface area (Å²) in [5.74, 6) is 1.27. The van der Waals surface area contributed by atoms with Crippen LogP contribution in [0.1, 0.15) is 20.8 Å². The topological polar surface area (TPSA) is 78.5 Å². The van der Waals surface area contributed by atoms with Gasteiger partial charge in [-0.25, -0.2) is 4.98 Å². The van der Waals surface area contributed by atoms with E-state index in [4.69, 9.17) is 0 Å². The quantitative estimate of drug-likeness (QED) is 0.512. The van der Waals surface area contributed by atoms with Gasteiger partial charge < -0.3 is 15.6 Å². The van der Waals surface area contributed by atoms with Crippen LogP contribution in [-0.2, 0) is 0 Å². The highest BCUT2D eigenvalue weighted by Gasteiger charge is 2.16. The van der Waals surface area contributed by atoms with Crippen molar-refractivity contribution in [3.8, 4) is 0 Å². The lowest BCUT2D eigenvalue weighted by atomic mass is 10.1. The van der Waals surface area contributed by atoms with E-state index in [1.165, 1.54) is 10.1 Å². The number of fused-ring (bicyclic) bond motifs is 2. The highest BCUT2D eigenvalue weighted by molar-refractivity contribution is 7.17. The minimum Gasteiger partial charge on any atom is -0.364 e. The smallest absolute Gasteiger partial charge is 0.231 e. The van der Waals surface area contributed by atoms with Crippen molar-refractivity contribution in [2.45, 2.75) is 26.3 Å². The van der Waals surface area contributed by atoms with Crippen molar-refractivity contribution in [1.29, 1.82) is 0 Å². The lowest BCUT2D eigenvalue weighted by molar-refractivity contribution is 0.631. The first-order valence-electron chi connectivity index (χ1n) is 7.71. The fourth-order valence-corrected chi connectivity index (χ4v) is 3.32. The Hall–Kier alpha value is -2.67. The SMILES string of the molecule is CC(C)(C)Nc1nc(Nc2ccc3ccsc3c2)nc2nc[nH]c12. The summed E-state index contributed by atoms with van der Waals surface area (Å²) in [5, 5.41) is 10.0. The molecule has 0 spiro atoms. The summed E-state index contributed by atoms with van der Waals surface area (Å²) < 4.78 is 1.23. The zero-order chi connectivity index (χ0) is 16.7. The van der Waals surface area contributed by atoms with Crippen molar-refractivity contribution >= 4 is 50.0 Å². The number of rotatable bonds is 3. The third-order valence-corrected chi connectivity index (χ3v) is 4.37. The average Bonchev–Trinajstić information content (AvgIpc) is 3.13. The summed E-state index contributed by atoms with van der Waals surface area (Å²) in [4.78, 5) is 16.5. The second kappa shape index (κ2) is 5.45. The molecule has 3 aromatic heterocycles. The van der Waals surface area contributed by atoms with Crippen LogP contribution < -0.4 is 10.6 Å². The Balaban J connectivity index is 1.73. The van der Waals surface area contributed by atoms with E-state index < -0.39 is 0 Å². The van der Waals surface area contributed by atoms with Gasteiger partial charge in [-0.2, -0.15) is 9.97 Å². The van der Waals surface area contributed by atoms with Crippen LogP contribution in [0.25, 0.3) is 21.3 Å². The van der Waals surface area contributed by atoms with Gasteiger partial charge in [0.15, 0.2) is 11.5 Å². The summed E-state index contributed by atoms with van der Waals surface area (Å²) in [7, 11) is 0. The van der Waals surface area contributed by atoms with E-state index in [2.05, 4.69) is 74.9 Å². The molecule has 122 valence electrons. The van der Waals surface area contributed by atoms with E-state index in [0.29, 0.717) is 11.6 Å². The van der Waals surface area contributed by atoms with Crippen LogP contribution in [0, 0.1) is 0 Å². The zero-order valence-electron chi connectivity index (χ0n) is 13.7. The number of thiophene rings is 1. The van der Waals surface area contributed by atoms with E-state index in [1.54, 1.807) is 17.7 Å². The van der Waals surface area contributed by atoms with Crippen molar-refractivity contribution in [3.63, 3.8) is 0 Å². The summed E-state index contributed by atoms with van der Waals surface area (Å²) in [6.45, 7) is 6.28. The molecule has 0 radical (unpaired) electrons. The lowest BCUT2D eigenvalue weighted by Gasteiger charge is -2.21. The molecular formula is C17H18N6S. The number of anilines is 3. The van der Waals surface area contributed by atoms with Crippen LogP contribution in [0.15, 0.2) is 36.0 Å². The van der Waals surface area contributed by atoms with Crippen molar-refractivity contribution < 1.29 is 0 Å². The normalized spacial score (nSPS) is 12.0. The summed E-state index contributed by atoms with van der Waals surface area (Å²) in [5.41, 5.74) is 2.29. The number of aromatic nitrogens is 4. The number of H-pyrrole nitrogens is 1. The minimum atomic E-state index is -0.112. The molecule has 0 aliphatic carbocycles. The van der Waals surface area contributed by atoms with Gasteiger partial charge >= 0.3 is 0 Å². The summed E-state index contributed by atoms with van der Waals surface area (Å²) in [6.07, 6.45) is 1.63. The fraction of sp³-hybridized carbons (Fsp3) is 0.235. The maximum absolute atomic E-state index is 4.62. The van der Waals surface area contributed by atoms with Crippen LogP contribution >= 0.6 is 11.3 Å². The Morgan fingerprint density at radius 1 is 1.12 bits per heavy atom. The number of nitrogens with one attached hydrogen (secondary N) is 3. The minimum absolute atomic E-state index is 0.112. The molecule has 0 amide bonds. The lowest BCUT2D eigenvalue weighted by Crippen LogP contribution is -2.27. The first kappa shape index (κ1) is 14.9. The maximum Gasteiger partial charge on any atom is 0.231 e. The molecule has 0 saturated carbocycles. The Labute approximate surface area is 143 Å². The molecule has 0 fully saturated rings. The molecule has 6 nitrogen and oxygen atoms in total. The van der Waals surface area contributed by atoms with Gasteiger partial charge in [0.25, 0.3) is 0 Å². The Morgan fingerprint density at radius 2 is 2.00 bits per heavy atom. The van der Waals surface area contributed by atoms with E-state index in [-0.39, 0.29) is 5.54 Å². The van der Waals surface area contributed by atoms with Gasteiger partial charge in [-0.15, -0.1) is 11.3 Å². The molecule has 3 N–H and O–H groups in total. The number of benzene rings is 1. The van der Waals surface area contributed by atoms with Gasteiger partial charge in [-0.1, -0.05) is 6.07 Å². The van der Waals surface area contributed by atoms with Crippen LogP contribution in [0.4, 0.5) is 17.5 Å². The highest BCUT2D eigenvalue weighted by Crippen LogP contribution is 2.27. The first-order chi connectivity index (χ1) is 11.5. The van der Waals surface area contributed by atoms with Crippen molar-refractivity contribution in [3.05, 3.63) is 36.0 Å². The van der Waals surface area contributed by atoms with E-state index >= 15 is 0 Å². The summed E-state index contributed by atoms with van der Waals surface area (Å²) >= 11 is 1.72. The summed E-state index contributed by atoms with van der Waals surface area (Å²) in [6, 6.07) is 8.34. The third-order valence-electron chi connectivity index (χ3n) is 3.49. The van der Waals surface area contributed by atoms with Crippen LogP contribution in [0.5, 0.6) is 0 Å². The molecule has 0 aliphatic heterocycles. The third kappa shape index (κ3) is 2.90. The van der Waals surface area contributed by atoms with E-state index in [0.717, 1.165) is 17.0 Å². The molecule has 1 aromatic carbocycles. The fourth-order valence-electron chi connectivity index (χ4n) is 2.50.